The second-order valence-electron chi connectivity index (χ2n) is 3.25. The second kappa shape index (κ2) is 4.36. The van der Waals surface area contributed by atoms with Crippen LogP contribution >= 0.6 is 11.6 Å². The molecular weight excluding hydrogens is 210 g/mol. The summed E-state index contributed by atoms with van der Waals surface area (Å²) in [5.74, 6) is 0.882. The summed E-state index contributed by atoms with van der Waals surface area (Å²) < 4.78 is 0. The number of nitrogens with zero attached hydrogens (tertiary/aromatic N) is 1. The summed E-state index contributed by atoms with van der Waals surface area (Å²) in [4.78, 5) is 6.94. The molecule has 4 heteroatoms. The van der Waals surface area contributed by atoms with E-state index in [0.717, 1.165) is 22.9 Å². The summed E-state index contributed by atoms with van der Waals surface area (Å²) in [7, 11) is 0. The zero-order valence-electron chi connectivity index (χ0n) is 8.42. The minimum Gasteiger partial charge on any atom is -0.340 e. The van der Waals surface area contributed by atoms with Crippen LogP contribution in [0.4, 0.5) is 11.5 Å². The molecule has 0 saturated carbocycles. The maximum atomic E-state index is 5.93. The molecule has 0 unspecified atom stereocenters. The van der Waals surface area contributed by atoms with Gasteiger partial charge in [-0.05, 0) is 30.2 Å². The number of aromatic nitrogens is 2. The molecule has 2 rings (SSSR count). The summed E-state index contributed by atoms with van der Waals surface area (Å²) in [6.07, 6.45) is 4.33. The summed E-state index contributed by atoms with van der Waals surface area (Å²) >= 11 is 5.93. The van der Waals surface area contributed by atoms with Gasteiger partial charge in [0.1, 0.15) is 5.82 Å². The van der Waals surface area contributed by atoms with Gasteiger partial charge in [-0.3, -0.25) is 0 Å². The summed E-state index contributed by atoms with van der Waals surface area (Å²) in [5, 5.41) is 4.02. The van der Waals surface area contributed by atoms with Crippen molar-refractivity contribution in [1.82, 2.24) is 9.97 Å². The van der Waals surface area contributed by atoms with Crippen LogP contribution in [0.5, 0.6) is 0 Å². The summed E-state index contributed by atoms with van der Waals surface area (Å²) in [6.45, 7) is 2.10. The van der Waals surface area contributed by atoms with Crippen molar-refractivity contribution in [1.29, 1.82) is 0 Å². The number of nitrogens with one attached hydrogen (secondary N) is 2. The zero-order chi connectivity index (χ0) is 10.7. The number of aryl methyl sites for hydroxylation is 1. The van der Waals surface area contributed by atoms with Crippen molar-refractivity contribution < 1.29 is 0 Å². The first-order valence-corrected chi connectivity index (χ1v) is 5.21. The molecule has 0 bridgehead atoms. The van der Waals surface area contributed by atoms with E-state index in [1.807, 2.05) is 18.2 Å². The van der Waals surface area contributed by atoms with Crippen LogP contribution in [0.15, 0.2) is 30.7 Å². The molecule has 15 heavy (non-hydrogen) atoms. The SMILES string of the molecule is CCc1cc(Cl)ccc1Nc1cnc[nH]1. The van der Waals surface area contributed by atoms with Crippen molar-refractivity contribution in [3.8, 4) is 0 Å². The smallest absolute Gasteiger partial charge is 0.127 e. The lowest BCUT2D eigenvalue weighted by molar-refractivity contribution is 1.14. The molecule has 0 fully saturated rings. The average Bonchev–Trinajstić information content (AvgIpc) is 2.73. The first-order valence-electron chi connectivity index (χ1n) is 4.83. The molecule has 0 saturated heterocycles. The number of aromatic amines is 1. The summed E-state index contributed by atoms with van der Waals surface area (Å²) in [5.41, 5.74) is 2.25. The maximum absolute atomic E-state index is 5.93. The second-order valence-corrected chi connectivity index (χ2v) is 3.68. The predicted molar refractivity (Wildman–Crippen MR) is 62.7 cm³/mol. The number of anilines is 2. The maximum Gasteiger partial charge on any atom is 0.127 e. The van der Waals surface area contributed by atoms with Crippen LogP contribution in [-0.2, 0) is 6.42 Å². The van der Waals surface area contributed by atoms with Gasteiger partial charge in [-0.25, -0.2) is 4.98 Å². The van der Waals surface area contributed by atoms with Gasteiger partial charge < -0.3 is 10.3 Å². The third-order valence-electron chi connectivity index (χ3n) is 2.22. The Morgan fingerprint density at radius 2 is 2.33 bits per heavy atom. The number of H-pyrrole nitrogens is 1. The van der Waals surface area contributed by atoms with E-state index >= 15 is 0 Å². The molecule has 0 aliphatic rings. The first kappa shape index (κ1) is 10.1. The number of rotatable bonds is 3. The third-order valence-corrected chi connectivity index (χ3v) is 2.45. The number of benzene rings is 1. The molecule has 0 aliphatic carbocycles. The van der Waals surface area contributed by atoms with Crippen LogP contribution in [-0.4, -0.2) is 9.97 Å². The number of halogens is 1. The van der Waals surface area contributed by atoms with Crippen molar-refractivity contribution in [3.63, 3.8) is 0 Å². The van der Waals surface area contributed by atoms with E-state index in [1.165, 1.54) is 5.56 Å². The molecule has 3 nitrogen and oxygen atoms in total. The number of hydrogen-bond acceptors (Lipinski definition) is 2. The van der Waals surface area contributed by atoms with Crippen LogP contribution in [0.3, 0.4) is 0 Å². The highest BCUT2D eigenvalue weighted by molar-refractivity contribution is 6.30. The zero-order valence-corrected chi connectivity index (χ0v) is 9.17. The van der Waals surface area contributed by atoms with E-state index < -0.39 is 0 Å². The van der Waals surface area contributed by atoms with E-state index in [4.69, 9.17) is 11.6 Å². The van der Waals surface area contributed by atoms with Gasteiger partial charge in [0.05, 0.1) is 12.5 Å². The quantitative estimate of drug-likeness (QED) is 0.835. The molecule has 1 aromatic heterocycles. The lowest BCUT2D eigenvalue weighted by atomic mass is 10.1. The summed E-state index contributed by atoms with van der Waals surface area (Å²) in [6, 6.07) is 5.82. The lowest BCUT2D eigenvalue weighted by Crippen LogP contribution is -1.95. The Balaban J connectivity index is 2.28. The van der Waals surface area contributed by atoms with Crippen LogP contribution in [0.2, 0.25) is 5.02 Å². The standard InChI is InChI=1S/C11H12ClN3/c1-2-8-5-9(12)3-4-10(8)15-11-6-13-7-14-11/h3-7,15H,2H2,1H3,(H,13,14). The largest absolute Gasteiger partial charge is 0.340 e. The van der Waals surface area contributed by atoms with Gasteiger partial charge in [-0.15, -0.1) is 0 Å². The van der Waals surface area contributed by atoms with Crippen LogP contribution in [0.25, 0.3) is 0 Å². The molecule has 0 radical (unpaired) electrons. The lowest BCUT2D eigenvalue weighted by Gasteiger charge is -2.09. The Morgan fingerprint density at radius 3 is 3.00 bits per heavy atom. The van der Waals surface area contributed by atoms with E-state index in [-0.39, 0.29) is 0 Å². The van der Waals surface area contributed by atoms with Crippen LogP contribution < -0.4 is 5.32 Å². The fourth-order valence-electron chi connectivity index (χ4n) is 1.45. The molecule has 2 aromatic rings. The van der Waals surface area contributed by atoms with E-state index in [1.54, 1.807) is 12.5 Å². The molecule has 0 spiro atoms. The minimum absolute atomic E-state index is 0.766. The first-order chi connectivity index (χ1) is 7.29. The van der Waals surface area contributed by atoms with Crippen LogP contribution in [0, 0.1) is 0 Å². The van der Waals surface area contributed by atoms with Crippen molar-refractivity contribution >= 4 is 23.1 Å². The van der Waals surface area contributed by atoms with Gasteiger partial charge in [0, 0.05) is 10.7 Å². The molecule has 1 heterocycles. The Morgan fingerprint density at radius 1 is 1.47 bits per heavy atom. The normalized spacial score (nSPS) is 10.3. The van der Waals surface area contributed by atoms with Crippen LogP contribution in [0.1, 0.15) is 12.5 Å². The van der Waals surface area contributed by atoms with E-state index in [9.17, 15) is 0 Å². The third kappa shape index (κ3) is 2.30. The van der Waals surface area contributed by atoms with Crippen molar-refractivity contribution in [3.05, 3.63) is 41.3 Å². The van der Waals surface area contributed by atoms with Gasteiger partial charge in [-0.1, -0.05) is 18.5 Å². The van der Waals surface area contributed by atoms with Crippen molar-refractivity contribution in [2.75, 3.05) is 5.32 Å². The fourth-order valence-corrected chi connectivity index (χ4v) is 1.64. The van der Waals surface area contributed by atoms with Crippen molar-refractivity contribution in [2.24, 2.45) is 0 Å². The van der Waals surface area contributed by atoms with E-state index in [0.29, 0.717) is 0 Å². The molecule has 0 atom stereocenters. The number of hydrogen-bond donors (Lipinski definition) is 2. The number of imidazole rings is 1. The Bertz CT molecular complexity index is 437. The predicted octanol–water partition coefficient (Wildman–Crippen LogP) is 3.37. The molecular formula is C11H12ClN3. The van der Waals surface area contributed by atoms with E-state index in [2.05, 4.69) is 22.2 Å². The highest BCUT2D eigenvalue weighted by atomic mass is 35.5. The minimum atomic E-state index is 0.766. The molecule has 0 aliphatic heterocycles. The molecule has 78 valence electrons. The highest BCUT2D eigenvalue weighted by Crippen LogP contribution is 2.23. The Hall–Kier alpha value is -1.48. The monoisotopic (exact) mass is 221 g/mol. The van der Waals surface area contributed by atoms with Crippen molar-refractivity contribution in [2.45, 2.75) is 13.3 Å². The van der Waals surface area contributed by atoms with Gasteiger partial charge in [-0.2, -0.15) is 0 Å². The van der Waals surface area contributed by atoms with Gasteiger partial charge in [0.2, 0.25) is 0 Å². The molecule has 2 N–H and O–H groups in total. The van der Waals surface area contributed by atoms with Gasteiger partial charge in [0.15, 0.2) is 0 Å². The topological polar surface area (TPSA) is 40.7 Å². The fraction of sp³-hybridized carbons (Fsp3) is 0.182. The molecule has 1 aromatic carbocycles. The van der Waals surface area contributed by atoms with Gasteiger partial charge in [0.25, 0.3) is 0 Å². The highest BCUT2D eigenvalue weighted by Gasteiger charge is 2.02. The average molecular weight is 222 g/mol. The Labute approximate surface area is 93.5 Å². The van der Waals surface area contributed by atoms with Gasteiger partial charge >= 0.3 is 0 Å². The Kier molecular flexibility index (Phi) is 2.92. The molecule has 0 amide bonds.